The highest BCUT2D eigenvalue weighted by Gasteiger charge is 2.11. The summed E-state index contributed by atoms with van der Waals surface area (Å²) in [6, 6.07) is 10.7. The van der Waals surface area contributed by atoms with E-state index in [9.17, 15) is 4.79 Å². The lowest BCUT2D eigenvalue weighted by Gasteiger charge is -2.12. The van der Waals surface area contributed by atoms with Gasteiger partial charge in [-0.15, -0.1) is 0 Å². The Balaban J connectivity index is 0.000000516. The second-order valence-corrected chi connectivity index (χ2v) is 5.76. The highest BCUT2D eigenvalue weighted by atomic mass is 16.5. The van der Waals surface area contributed by atoms with Crippen LogP contribution in [0.3, 0.4) is 0 Å². The van der Waals surface area contributed by atoms with Crippen molar-refractivity contribution in [2.75, 3.05) is 35.0 Å². The van der Waals surface area contributed by atoms with Crippen LogP contribution in [-0.2, 0) is 4.79 Å². The van der Waals surface area contributed by atoms with Gasteiger partial charge >= 0.3 is 0 Å². The van der Waals surface area contributed by atoms with Crippen molar-refractivity contribution in [3.8, 4) is 23.0 Å². The maximum atomic E-state index is 9.87. The van der Waals surface area contributed by atoms with Crippen molar-refractivity contribution in [3.05, 3.63) is 47.5 Å². The minimum Gasteiger partial charge on any atom is -0.497 e. The molecule has 0 aliphatic carbocycles. The summed E-state index contributed by atoms with van der Waals surface area (Å²) >= 11 is 0. The molecule has 0 radical (unpaired) electrons. The molecule has 0 heterocycles. The SMILES string of the molecule is COc1ccc(C=Cc2cc(OC)c(OC)c(OC)c2)cc1.NC(=O)[C@@H](N)CO. The van der Waals surface area contributed by atoms with Gasteiger partial charge in [-0.05, 0) is 35.4 Å². The lowest BCUT2D eigenvalue weighted by atomic mass is 10.1. The molecule has 5 N–H and O–H groups in total. The van der Waals surface area contributed by atoms with E-state index in [0.717, 1.165) is 16.9 Å². The highest BCUT2D eigenvalue weighted by Crippen LogP contribution is 2.38. The number of hydrogen-bond acceptors (Lipinski definition) is 7. The minimum atomic E-state index is -0.903. The molecule has 8 nitrogen and oxygen atoms in total. The summed E-state index contributed by atoms with van der Waals surface area (Å²) in [5.74, 6) is 2.02. The van der Waals surface area contributed by atoms with E-state index in [4.69, 9.17) is 29.8 Å². The summed E-state index contributed by atoms with van der Waals surface area (Å²) in [5.41, 5.74) is 11.6. The Labute approximate surface area is 170 Å². The lowest BCUT2D eigenvalue weighted by Crippen LogP contribution is -2.39. The summed E-state index contributed by atoms with van der Waals surface area (Å²) in [6.07, 6.45) is 4.01. The number of nitrogens with two attached hydrogens (primary N) is 2. The van der Waals surface area contributed by atoms with Gasteiger partial charge in [-0.1, -0.05) is 24.3 Å². The summed E-state index contributed by atoms with van der Waals surface area (Å²) < 4.78 is 21.2. The Bertz CT molecular complexity index is 780. The average molecular weight is 404 g/mol. The van der Waals surface area contributed by atoms with Crippen LogP contribution < -0.4 is 30.4 Å². The zero-order valence-corrected chi connectivity index (χ0v) is 17.0. The second kappa shape index (κ2) is 12.3. The number of aliphatic hydroxyl groups excluding tert-OH is 1. The van der Waals surface area contributed by atoms with Gasteiger partial charge in [-0.2, -0.15) is 0 Å². The van der Waals surface area contributed by atoms with Crippen LogP contribution in [0.15, 0.2) is 36.4 Å². The molecule has 2 aromatic rings. The maximum absolute atomic E-state index is 9.87. The van der Waals surface area contributed by atoms with Crippen molar-refractivity contribution in [3.63, 3.8) is 0 Å². The zero-order valence-electron chi connectivity index (χ0n) is 17.0. The van der Waals surface area contributed by atoms with Crippen molar-refractivity contribution in [1.82, 2.24) is 0 Å². The molecule has 158 valence electrons. The number of primary amides is 1. The summed E-state index contributed by atoms with van der Waals surface area (Å²) in [4.78, 5) is 9.87. The number of carbonyl (C=O) groups excluding carboxylic acids is 1. The molecule has 1 amide bonds. The van der Waals surface area contributed by atoms with Crippen molar-refractivity contribution in [1.29, 1.82) is 0 Å². The Hall–Kier alpha value is -3.23. The van der Waals surface area contributed by atoms with Crippen molar-refractivity contribution in [2.24, 2.45) is 11.5 Å². The van der Waals surface area contributed by atoms with E-state index < -0.39 is 11.9 Å². The molecule has 0 unspecified atom stereocenters. The lowest BCUT2D eigenvalue weighted by molar-refractivity contribution is -0.120. The van der Waals surface area contributed by atoms with E-state index in [2.05, 4.69) is 5.73 Å². The van der Waals surface area contributed by atoms with Gasteiger partial charge in [0.05, 0.1) is 35.0 Å². The van der Waals surface area contributed by atoms with Gasteiger partial charge in [0.15, 0.2) is 11.5 Å². The van der Waals surface area contributed by atoms with Crippen molar-refractivity contribution >= 4 is 18.1 Å². The molecule has 8 heteroatoms. The van der Waals surface area contributed by atoms with E-state index in [1.807, 2.05) is 48.6 Å². The fraction of sp³-hybridized carbons (Fsp3) is 0.286. The summed E-state index contributed by atoms with van der Waals surface area (Å²) in [7, 11) is 6.45. The maximum Gasteiger partial charge on any atom is 0.236 e. The van der Waals surface area contributed by atoms with Gasteiger partial charge in [0.25, 0.3) is 0 Å². The Morgan fingerprint density at radius 2 is 1.45 bits per heavy atom. The fourth-order valence-electron chi connectivity index (χ4n) is 2.20. The third-order valence-corrected chi connectivity index (χ3v) is 3.83. The molecule has 0 aliphatic rings. The van der Waals surface area contributed by atoms with Crippen LogP contribution in [0.4, 0.5) is 0 Å². The first kappa shape index (κ1) is 23.8. The Kier molecular flexibility index (Phi) is 10.1. The van der Waals surface area contributed by atoms with Crippen LogP contribution in [0.2, 0.25) is 0 Å². The molecular formula is C21H28N2O6. The first-order valence-electron chi connectivity index (χ1n) is 8.68. The standard InChI is InChI=1S/C18H20O4.C3H8N2O2/c1-19-15-9-7-13(8-10-15)5-6-14-11-16(20-2)18(22-4)17(12-14)21-3;4-2(1-6)3(5)7/h5-12H,1-4H3;2,6H,1,4H2,(H2,5,7)/t;2-/m.0/s1. The number of rotatable bonds is 8. The van der Waals surface area contributed by atoms with Crippen molar-refractivity contribution < 1.29 is 28.8 Å². The van der Waals surface area contributed by atoms with Crippen LogP contribution >= 0.6 is 0 Å². The topological polar surface area (TPSA) is 126 Å². The molecule has 0 bridgehead atoms. The molecule has 0 spiro atoms. The van der Waals surface area contributed by atoms with Crippen molar-refractivity contribution in [2.45, 2.75) is 6.04 Å². The monoisotopic (exact) mass is 404 g/mol. The van der Waals surface area contributed by atoms with Gasteiger partial charge in [-0.3, -0.25) is 4.79 Å². The molecule has 29 heavy (non-hydrogen) atoms. The normalized spacial score (nSPS) is 11.2. The number of hydrogen-bond donors (Lipinski definition) is 3. The number of aliphatic hydroxyl groups is 1. The van der Waals surface area contributed by atoms with E-state index in [1.54, 1.807) is 28.4 Å². The quantitative estimate of drug-likeness (QED) is 0.571. The third-order valence-electron chi connectivity index (χ3n) is 3.83. The van der Waals surface area contributed by atoms with Gasteiger partial charge < -0.3 is 35.5 Å². The van der Waals surface area contributed by atoms with E-state index in [0.29, 0.717) is 17.2 Å². The molecule has 0 saturated heterocycles. The third kappa shape index (κ3) is 7.36. The highest BCUT2D eigenvalue weighted by molar-refractivity contribution is 5.79. The largest absolute Gasteiger partial charge is 0.497 e. The Morgan fingerprint density at radius 1 is 0.931 bits per heavy atom. The number of ether oxygens (including phenoxy) is 4. The van der Waals surface area contributed by atoms with E-state index in [-0.39, 0.29) is 6.61 Å². The number of carbonyl (C=O) groups is 1. The average Bonchev–Trinajstić information content (AvgIpc) is 2.76. The van der Waals surface area contributed by atoms with Crippen LogP contribution in [0.5, 0.6) is 23.0 Å². The molecule has 0 aliphatic heterocycles. The van der Waals surface area contributed by atoms with Crippen LogP contribution in [0, 0.1) is 0 Å². The zero-order chi connectivity index (χ0) is 21.8. The van der Waals surface area contributed by atoms with Gasteiger partial charge in [0.1, 0.15) is 11.8 Å². The number of methoxy groups -OCH3 is 4. The molecule has 0 saturated carbocycles. The van der Waals surface area contributed by atoms with Gasteiger partial charge in [0.2, 0.25) is 11.7 Å². The minimum absolute atomic E-state index is 0.380. The summed E-state index contributed by atoms with van der Waals surface area (Å²) in [5, 5.41) is 8.08. The molecule has 2 rings (SSSR count). The van der Waals surface area contributed by atoms with E-state index in [1.165, 1.54) is 0 Å². The fourth-order valence-corrected chi connectivity index (χ4v) is 2.20. The van der Waals surface area contributed by atoms with Gasteiger partial charge in [0, 0.05) is 0 Å². The summed E-state index contributed by atoms with van der Waals surface area (Å²) in [6.45, 7) is -0.380. The van der Waals surface area contributed by atoms with Crippen LogP contribution in [-0.4, -0.2) is 52.1 Å². The molecular weight excluding hydrogens is 376 g/mol. The number of benzene rings is 2. The smallest absolute Gasteiger partial charge is 0.236 e. The first-order valence-corrected chi connectivity index (χ1v) is 8.68. The predicted molar refractivity (Wildman–Crippen MR) is 112 cm³/mol. The number of amides is 1. The molecule has 0 fully saturated rings. The van der Waals surface area contributed by atoms with Crippen LogP contribution in [0.1, 0.15) is 11.1 Å². The van der Waals surface area contributed by atoms with Crippen LogP contribution in [0.25, 0.3) is 12.2 Å². The Morgan fingerprint density at radius 3 is 1.79 bits per heavy atom. The molecule has 1 atom stereocenters. The van der Waals surface area contributed by atoms with Gasteiger partial charge in [-0.25, -0.2) is 0 Å². The first-order chi connectivity index (χ1) is 13.9. The second-order valence-electron chi connectivity index (χ2n) is 5.76. The molecule has 2 aromatic carbocycles. The molecule has 0 aromatic heterocycles. The van der Waals surface area contributed by atoms with E-state index >= 15 is 0 Å². The predicted octanol–water partition coefficient (Wildman–Crippen LogP) is 1.68.